The Kier molecular flexibility index (Phi) is 6.38. The lowest BCUT2D eigenvalue weighted by atomic mass is 10.2. The lowest BCUT2D eigenvalue weighted by Gasteiger charge is -2.13. The summed E-state index contributed by atoms with van der Waals surface area (Å²) in [4.78, 5) is 33.5. The van der Waals surface area contributed by atoms with Gasteiger partial charge in [-0.05, 0) is 25.1 Å². The van der Waals surface area contributed by atoms with Gasteiger partial charge in [0, 0.05) is 0 Å². The summed E-state index contributed by atoms with van der Waals surface area (Å²) in [5, 5.41) is 2.08. The molecule has 8 nitrogen and oxygen atoms in total. The molecule has 1 aromatic carbocycles. The van der Waals surface area contributed by atoms with Crippen molar-refractivity contribution in [3.63, 3.8) is 0 Å². The lowest BCUT2D eigenvalue weighted by molar-refractivity contribution is -0.137. The molecule has 4 amide bonds. The summed E-state index contributed by atoms with van der Waals surface area (Å²) in [5.74, 6) is -1.72. The molecule has 0 bridgehead atoms. The molecule has 5 N–H and O–H groups in total. The van der Waals surface area contributed by atoms with E-state index in [2.05, 4.69) is 5.32 Å². The minimum Gasteiger partial charge on any atom is -0.484 e. The molecule has 1 unspecified atom stereocenters. The predicted octanol–water partition coefficient (Wildman–Crippen LogP) is 0.288. The highest BCUT2D eigenvalue weighted by Crippen LogP contribution is 2.31. The maximum absolute atomic E-state index is 12.5. The van der Waals surface area contributed by atoms with Gasteiger partial charge in [0.2, 0.25) is 0 Å². The fourth-order valence-corrected chi connectivity index (χ4v) is 1.47. The van der Waals surface area contributed by atoms with Gasteiger partial charge in [-0.15, -0.1) is 0 Å². The first kappa shape index (κ1) is 19.1. The highest BCUT2D eigenvalue weighted by molar-refractivity contribution is 5.88. The van der Waals surface area contributed by atoms with Crippen molar-refractivity contribution in [1.82, 2.24) is 16.2 Å². The first-order chi connectivity index (χ1) is 11.1. The summed E-state index contributed by atoms with van der Waals surface area (Å²) in [7, 11) is 0. The van der Waals surface area contributed by atoms with E-state index in [-0.39, 0.29) is 5.75 Å². The Labute approximate surface area is 134 Å². The molecule has 0 fully saturated rings. The second kappa shape index (κ2) is 8.04. The number of carbonyl (C=O) groups excluding carboxylic acids is 3. The zero-order valence-electron chi connectivity index (χ0n) is 12.4. The molecule has 0 heterocycles. The molecular weight excluding hydrogens is 333 g/mol. The first-order valence-corrected chi connectivity index (χ1v) is 6.54. The Balaban J connectivity index is 2.44. The van der Waals surface area contributed by atoms with E-state index in [4.69, 9.17) is 10.5 Å². The van der Waals surface area contributed by atoms with Gasteiger partial charge in [-0.25, -0.2) is 4.79 Å². The van der Waals surface area contributed by atoms with Gasteiger partial charge in [-0.3, -0.25) is 20.4 Å². The van der Waals surface area contributed by atoms with E-state index in [0.29, 0.717) is 0 Å². The third kappa shape index (κ3) is 6.42. The van der Waals surface area contributed by atoms with Crippen LogP contribution >= 0.6 is 0 Å². The third-order valence-corrected chi connectivity index (χ3v) is 2.61. The topological polar surface area (TPSA) is 123 Å². The number of urea groups is 1. The Morgan fingerprint density at radius 2 is 1.92 bits per heavy atom. The summed E-state index contributed by atoms with van der Waals surface area (Å²) in [6, 6.07) is 2.07. The molecule has 1 rings (SSSR count). The van der Waals surface area contributed by atoms with Gasteiger partial charge in [0.25, 0.3) is 11.8 Å². The van der Waals surface area contributed by atoms with Gasteiger partial charge in [-0.2, -0.15) is 13.2 Å². The number of halogens is 3. The fourth-order valence-electron chi connectivity index (χ4n) is 1.47. The second-order valence-corrected chi connectivity index (χ2v) is 4.58. The zero-order chi connectivity index (χ0) is 18.3. The predicted molar refractivity (Wildman–Crippen MR) is 75.4 cm³/mol. The Morgan fingerprint density at radius 1 is 1.25 bits per heavy atom. The van der Waals surface area contributed by atoms with Gasteiger partial charge in [0.1, 0.15) is 11.8 Å². The van der Waals surface area contributed by atoms with Crippen LogP contribution in [0.1, 0.15) is 12.5 Å². The summed E-state index contributed by atoms with van der Waals surface area (Å²) in [5.41, 5.74) is 7.87. The number of carbonyl (C=O) groups is 3. The van der Waals surface area contributed by atoms with Crippen molar-refractivity contribution in [3.8, 4) is 5.75 Å². The van der Waals surface area contributed by atoms with Crippen LogP contribution in [0.25, 0.3) is 0 Å². The number of benzene rings is 1. The van der Waals surface area contributed by atoms with Crippen molar-refractivity contribution in [2.75, 3.05) is 6.61 Å². The molecule has 0 radical (unpaired) electrons. The summed E-state index contributed by atoms with van der Waals surface area (Å²) in [6.45, 7) is 0.699. The maximum atomic E-state index is 12.5. The normalized spacial score (nSPS) is 12.0. The Morgan fingerprint density at radius 3 is 2.50 bits per heavy atom. The second-order valence-electron chi connectivity index (χ2n) is 4.58. The van der Waals surface area contributed by atoms with Crippen molar-refractivity contribution in [3.05, 3.63) is 29.8 Å². The van der Waals surface area contributed by atoms with E-state index in [1.165, 1.54) is 13.0 Å². The molecule has 0 aliphatic carbocycles. The van der Waals surface area contributed by atoms with Crippen LogP contribution in [0, 0.1) is 0 Å². The van der Waals surface area contributed by atoms with Crippen molar-refractivity contribution in [2.24, 2.45) is 5.73 Å². The van der Waals surface area contributed by atoms with Crippen molar-refractivity contribution < 1.29 is 32.3 Å². The number of nitrogens with one attached hydrogen (secondary N) is 3. The van der Waals surface area contributed by atoms with Crippen LogP contribution in [0.2, 0.25) is 0 Å². The molecule has 24 heavy (non-hydrogen) atoms. The molecule has 0 spiro atoms. The lowest BCUT2D eigenvalue weighted by Crippen LogP contribution is -2.52. The highest BCUT2D eigenvalue weighted by atomic mass is 19.4. The number of hydrogen-bond acceptors (Lipinski definition) is 4. The van der Waals surface area contributed by atoms with E-state index >= 15 is 0 Å². The van der Waals surface area contributed by atoms with Crippen LogP contribution in [0.5, 0.6) is 5.75 Å². The molecular formula is C13H15F3N4O4. The Hall–Kier alpha value is -2.98. The standard InChI is InChI=1S/C13H15F3N4O4/c1-7(18-12(17)23)11(22)20-19-10(21)6-24-9-4-2-3-8(5-9)13(14,15)16/h2-5,7H,6H2,1H3,(H,19,21)(H,20,22)(H3,17,18,23). The smallest absolute Gasteiger partial charge is 0.416 e. The monoisotopic (exact) mass is 348 g/mol. The zero-order valence-corrected chi connectivity index (χ0v) is 12.4. The Bertz CT molecular complexity index is 621. The molecule has 0 aromatic heterocycles. The SMILES string of the molecule is CC(NC(N)=O)C(=O)NNC(=O)COc1cccc(C(F)(F)F)c1. The minimum atomic E-state index is -4.53. The molecule has 0 aliphatic heterocycles. The molecule has 11 heteroatoms. The van der Waals surface area contributed by atoms with Gasteiger partial charge >= 0.3 is 12.2 Å². The number of nitrogens with two attached hydrogens (primary N) is 1. The van der Waals surface area contributed by atoms with Crippen LogP contribution in [0.3, 0.4) is 0 Å². The van der Waals surface area contributed by atoms with E-state index in [9.17, 15) is 27.6 Å². The number of amides is 4. The molecule has 132 valence electrons. The number of hydrazine groups is 1. The quantitative estimate of drug-likeness (QED) is 0.571. The molecule has 0 saturated heterocycles. The van der Waals surface area contributed by atoms with Gasteiger partial charge in [0.05, 0.1) is 5.56 Å². The average Bonchev–Trinajstić information content (AvgIpc) is 2.49. The summed E-state index contributed by atoms with van der Waals surface area (Å²) >= 11 is 0. The fraction of sp³-hybridized carbons (Fsp3) is 0.308. The van der Waals surface area contributed by atoms with Crippen molar-refractivity contribution in [1.29, 1.82) is 0 Å². The molecule has 0 aliphatic rings. The first-order valence-electron chi connectivity index (χ1n) is 6.54. The van der Waals surface area contributed by atoms with Crippen LogP contribution in [-0.4, -0.2) is 30.5 Å². The third-order valence-electron chi connectivity index (χ3n) is 2.61. The summed E-state index contributed by atoms with van der Waals surface area (Å²) in [6.07, 6.45) is -4.53. The summed E-state index contributed by atoms with van der Waals surface area (Å²) < 4.78 is 42.5. The largest absolute Gasteiger partial charge is 0.484 e. The minimum absolute atomic E-state index is 0.157. The van der Waals surface area contributed by atoms with E-state index in [1.54, 1.807) is 0 Å². The van der Waals surface area contributed by atoms with E-state index in [0.717, 1.165) is 18.2 Å². The van der Waals surface area contributed by atoms with Gasteiger partial charge in [0.15, 0.2) is 6.61 Å². The number of hydrogen-bond donors (Lipinski definition) is 4. The van der Waals surface area contributed by atoms with Crippen LogP contribution in [0.15, 0.2) is 24.3 Å². The van der Waals surface area contributed by atoms with Crippen molar-refractivity contribution in [2.45, 2.75) is 19.1 Å². The van der Waals surface area contributed by atoms with Crippen LogP contribution < -0.4 is 26.6 Å². The van der Waals surface area contributed by atoms with E-state index < -0.39 is 42.2 Å². The molecule has 1 aromatic rings. The molecule has 0 saturated carbocycles. The number of alkyl halides is 3. The number of rotatable bonds is 5. The highest BCUT2D eigenvalue weighted by Gasteiger charge is 2.30. The number of ether oxygens (including phenoxy) is 1. The van der Waals surface area contributed by atoms with Crippen molar-refractivity contribution >= 4 is 17.8 Å². The van der Waals surface area contributed by atoms with Crippen LogP contribution in [-0.2, 0) is 15.8 Å². The van der Waals surface area contributed by atoms with Gasteiger partial charge in [-0.1, -0.05) is 6.07 Å². The van der Waals surface area contributed by atoms with Crippen LogP contribution in [0.4, 0.5) is 18.0 Å². The number of primary amides is 1. The maximum Gasteiger partial charge on any atom is 0.416 e. The van der Waals surface area contributed by atoms with Gasteiger partial charge < -0.3 is 15.8 Å². The average molecular weight is 348 g/mol. The van der Waals surface area contributed by atoms with E-state index in [1.807, 2.05) is 10.9 Å². The molecule has 1 atom stereocenters.